The van der Waals surface area contributed by atoms with E-state index in [0.29, 0.717) is 6.04 Å². The van der Waals surface area contributed by atoms with Crippen molar-refractivity contribution in [3.05, 3.63) is 34.9 Å². The molecule has 3 heteroatoms. The second kappa shape index (κ2) is 6.47. The van der Waals surface area contributed by atoms with Gasteiger partial charge in [-0.1, -0.05) is 36.6 Å². The van der Waals surface area contributed by atoms with Gasteiger partial charge in [0.2, 0.25) is 0 Å². The number of nitrogens with zero attached hydrogens (tertiary/aromatic N) is 1. The van der Waals surface area contributed by atoms with Crippen molar-refractivity contribution in [2.75, 3.05) is 19.7 Å². The highest BCUT2D eigenvalue weighted by Gasteiger charge is 2.33. The van der Waals surface area contributed by atoms with Crippen LogP contribution in [0, 0.1) is 13.8 Å². The molecule has 1 saturated carbocycles. The Kier molecular flexibility index (Phi) is 4.63. The molecule has 0 bridgehead atoms. The molecule has 0 aromatic heterocycles. The lowest BCUT2D eigenvalue weighted by Crippen LogP contribution is -2.51. The van der Waals surface area contributed by atoms with Gasteiger partial charge in [-0.3, -0.25) is 4.90 Å². The van der Waals surface area contributed by atoms with Crippen LogP contribution in [0.25, 0.3) is 0 Å². The quantitative estimate of drug-likeness (QED) is 0.908. The van der Waals surface area contributed by atoms with E-state index in [0.717, 1.165) is 32.5 Å². The van der Waals surface area contributed by atoms with Crippen molar-refractivity contribution < 1.29 is 9.84 Å². The summed E-state index contributed by atoms with van der Waals surface area (Å²) in [6.07, 6.45) is 4.48. The minimum atomic E-state index is -0.156. The Hall–Kier alpha value is -0.900. The van der Waals surface area contributed by atoms with E-state index >= 15 is 0 Å². The van der Waals surface area contributed by atoms with Gasteiger partial charge in [0, 0.05) is 19.1 Å². The number of aliphatic hydroxyl groups excluding tert-OH is 1. The predicted molar refractivity (Wildman–Crippen MR) is 84.4 cm³/mol. The highest BCUT2D eigenvalue weighted by atomic mass is 16.5. The summed E-state index contributed by atoms with van der Waals surface area (Å²) in [5, 5.41) is 10.3. The first-order valence-corrected chi connectivity index (χ1v) is 8.26. The third kappa shape index (κ3) is 3.31. The van der Waals surface area contributed by atoms with E-state index in [4.69, 9.17) is 4.74 Å². The summed E-state index contributed by atoms with van der Waals surface area (Å²) in [6, 6.07) is 6.93. The first-order valence-electron chi connectivity index (χ1n) is 8.26. The lowest BCUT2D eigenvalue weighted by Gasteiger charge is -2.42. The molecule has 1 aliphatic heterocycles. The van der Waals surface area contributed by atoms with Gasteiger partial charge in [0.05, 0.1) is 18.8 Å². The molecule has 3 nitrogen and oxygen atoms in total. The molecule has 1 N–H and O–H groups in total. The molecule has 1 aromatic carbocycles. The van der Waals surface area contributed by atoms with Crippen LogP contribution < -0.4 is 0 Å². The zero-order chi connectivity index (χ0) is 14.8. The van der Waals surface area contributed by atoms with Crippen LogP contribution in [0.5, 0.6) is 0 Å². The van der Waals surface area contributed by atoms with Crippen molar-refractivity contribution in [3.8, 4) is 0 Å². The summed E-state index contributed by atoms with van der Waals surface area (Å²) in [7, 11) is 0. The van der Waals surface area contributed by atoms with Gasteiger partial charge in [0.25, 0.3) is 0 Å². The number of benzene rings is 1. The van der Waals surface area contributed by atoms with Gasteiger partial charge in [0.1, 0.15) is 0 Å². The Labute approximate surface area is 127 Å². The monoisotopic (exact) mass is 289 g/mol. The van der Waals surface area contributed by atoms with Crippen LogP contribution in [-0.4, -0.2) is 41.8 Å². The smallest absolute Gasteiger partial charge is 0.0955 e. The maximum absolute atomic E-state index is 10.3. The molecule has 1 aliphatic carbocycles. The Bertz CT molecular complexity index is 488. The lowest BCUT2D eigenvalue weighted by atomic mass is 9.90. The molecule has 1 aromatic rings. The van der Waals surface area contributed by atoms with Crippen molar-refractivity contribution in [3.63, 3.8) is 0 Å². The third-order valence-corrected chi connectivity index (χ3v) is 5.03. The Morgan fingerprint density at radius 3 is 2.76 bits per heavy atom. The van der Waals surface area contributed by atoms with E-state index < -0.39 is 0 Å². The Morgan fingerprint density at radius 2 is 2.00 bits per heavy atom. The van der Waals surface area contributed by atoms with Crippen molar-refractivity contribution in [1.82, 2.24) is 4.90 Å². The molecule has 0 amide bonds. The van der Waals surface area contributed by atoms with E-state index in [1.807, 2.05) is 0 Å². The molecule has 1 heterocycles. The van der Waals surface area contributed by atoms with Crippen LogP contribution in [0.15, 0.2) is 18.2 Å². The van der Waals surface area contributed by atoms with Crippen molar-refractivity contribution in [1.29, 1.82) is 0 Å². The molecule has 0 spiro atoms. The van der Waals surface area contributed by atoms with E-state index in [2.05, 4.69) is 36.9 Å². The summed E-state index contributed by atoms with van der Waals surface area (Å²) in [6.45, 7) is 6.92. The van der Waals surface area contributed by atoms with E-state index in [9.17, 15) is 5.11 Å². The largest absolute Gasteiger partial charge is 0.391 e. The fraction of sp³-hybridized carbons (Fsp3) is 0.667. The standard InChI is InChI=1S/C18H27NO2/c1-13-7-8-15(14(2)11-13)18-12-19(9-10-21-18)16-5-3-4-6-17(16)20/h7-8,11,16-18,20H,3-6,9-10,12H2,1-2H3. The maximum Gasteiger partial charge on any atom is 0.0955 e. The summed E-state index contributed by atoms with van der Waals surface area (Å²) in [5.74, 6) is 0. The van der Waals surface area contributed by atoms with Crippen molar-refractivity contribution >= 4 is 0 Å². The van der Waals surface area contributed by atoms with Crippen LogP contribution in [0.2, 0.25) is 0 Å². The highest BCUT2D eigenvalue weighted by molar-refractivity contribution is 5.32. The normalized spacial score (nSPS) is 31.3. The Morgan fingerprint density at radius 1 is 1.19 bits per heavy atom. The Balaban J connectivity index is 1.73. The fourth-order valence-corrected chi connectivity index (χ4v) is 3.86. The zero-order valence-electron chi connectivity index (χ0n) is 13.2. The molecule has 3 unspecified atom stereocenters. The third-order valence-electron chi connectivity index (χ3n) is 5.03. The van der Waals surface area contributed by atoms with Gasteiger partial charge in [-0.25, -0.2) is 0 Å². The number of hydrogen-bond donors (Lipinski definition) is 1. The fourth-order valence-electron chi connectivity index (χ4n) is 3.86. The predicted octanol–water partition coefficient (Wildman–Crippen LogP) is 2.98. The van der Waals surface area contributed by atoms with E-state index in [-0.39, 0.29) is 12.2 Å². The van der Waals surface area contributed by atoms with Crippen LogP contribution in [0.4, 0.5) is 0 Å². The first-order chi connectivity index (χ1) is 10.1. The SMILES string of the molecule is Cc1ccc(C2CN(C3CCCCC3O)CCO2)c(C)c1. The van der Waals surface area contributed by atoms with E-state index in [1.165, 1.54) is 29.5 Å². The molecular weight excluding hydrogens is 262 g/mol. The minimum Gasteiger partial charge on any atom is -0.391 e. The summed E-state index contributed by atoms with van der Waals surface area (Å²) in [5.41, 5.74) is 3.91. The van der Waals surface area contributed by atoms with Gasteiger partial charge in [-0.2, -0.15) is 0 Å². The second-order valence-corrected chi connectivity index (χ2v) is 6.63. The average molecular weight is 289 g/mol. The van der Waals surface area contributed by atoms with Crippen LogP contribution >= 0.6 is 0 Å². The molecule has 2 aliphatic rings. The number of aliphatic hydroxyl groups is 1. The number of rotatable bonds is 2. The maximum atomic E-state index is 10.3. The van der Waals surface area contributed by atoms with Crippen LogP contribution in [0.3, 0.4) is 0 Å². The molecular formula is C18H27NO2. The topological polar surface area (TPSA) is 32.7 Å². The summed E-state index contributed by atoms with van der Waals surface area (Å²) < 4.78 is 6.02. The van der Waals surface area contributed by atoms with Gasteiger partial charge >= 0.3 is 0 Å². The average Bonchev–Trinajstić information content (AvgIpc) is 2.48. The number of hydrogen-bond acceptors (Lipinski definition) is 3. The molecule has 2 fully saturated rings. The minimum absolute atomic E-state index is 0.147. The molecule has 3 atom stereocenters. The number of aryl methyl sites for hydroxylation is 2. The summed E-state index contributed by atoms with van der Waals surface area (Å²) >= 11 is 0. The first kappa shape index (κ1) is 15.0. The molecule has 0 radical (unpaired) electrons. The second-order valence-electron chi connectivity index (χ2n) is 6.63. The molecule has 3 rings (SSSR count). The van der Waals surface area contributed by atoms with Crippen LogP contribution in [-0.2, 0) is 4.74 Å². The van der Waals surface area contributed by atoms with Crippen LogP contribution in [0.1, 0.15) is 48.5 Å². The highest BCUT2D eigenvalue weighted by Crippen LogP contribution is 2.30. The molecule has 1 saturated heterocycles. The number of ether oxygens (including phenoxy) is 1. The van der Waals surface area contributed by atoms with Crippen molar-refractivity contribution in [2.45, 2.75) is 57.8 Å². The molecule has 21 heavy (non-hydrogen) atoms. The number of morpholine rings is 1. The molecule has 116 valence electrons. The van der Waals surface area contributed by atoms with Gasteiger partial charge < -0.3 is 9.84 Å². The summed E-state index contributed by atoms with van der Waals surface area (Å²) in [4.78, 5) is 2.46. The van der Waals surface area contributed by atoms with Gasteiger partial charge in [-0.05, 0) is 37.8 Å². The van der Waals surface area contributed by atoms with Crippen molar-refractivity contribution in [2.24, 2.45) is 0 Å². The van der Waals surface area contributed by atoms with Gasteiger partial charge in [-0.15, -0.1) is 0 Å². The zero-order valence-corrected chi connectivity index (χ0v) is 13.2. The van der Waals surface area contributed by atoms with Gasteiger partial charge in [0.15, 0.2) is 0 Å². The lowest BCUT2D eigenvalue weighted by molar-refractivity contribution is -0.0750. The van der Waals surface area contributed by atoms with E-state index in [1.54, 1.807) is 0 Å².